The fourth-order valence-electron chi connectivity index (χ4n) is 3.04. The summed E-state index contributed by atoms with van der Waals surface area (Å²) in [5.41, 5.74) is 3.80. The van der Waals surface area contributed by atoms with Gasteiger partial charge >= 0.3 is 0 Å². The molecule has 0 bridgehead atoms. The third kappa shape index (κ3) is 6.02. The normalized spacial score (nSPS) is 11.2. The van der Waals surface area contributed by atoms with Crippen LogP contribution in [0.5, 0.6) is 0 Å². The number of H-pyrrole nitrogens is 1. The van der Waals surface area contributed by atoms with Gasteiger partial charge in [0.05, 0.1) is 12.1 Å². The van der Waals surface area contributed by atoms with Crippen molar-refractivity contribution < 1.29 is 4.74 Å². The fourth-order valence-corrected chi connectivity index (χ4v) is 3.30. The van der Waals surface area contributed by atoms with Crippen LogP contribution >= 0.6 is 12.2 Å². The average molecular weight is 405 g/mol. The van der Waals surface area contributed by atoms with Crippen molar-refractivity contribution in [3.63, 3.8) is 0 Å². The van der Waals surface area contributed by atoms with E-state index < -0.39 is 0 Å². The van der Waals surface area contributed by atoms with Gasteiger partial charge in [0.15, 0.2) is 5.11 Å². The van der Waals surface area contributed by atoms with Crippen LogP contribution in [0.15, 0.2) is 23.0 Å². The zero-order valence-electron chi connectivity index (χ0n) is 17.6. The van der Waals surface area contributed by atoms with Crippen molar-refractivity contribution in [3.8, 4) is 0 Å². The standard InChI is InChI=1S/C21H32N4O2S/c1-15-7-8-16(2)19-18(15)13-17(20(26)23-19)14-25(11-10-24(3)4)21(28)22-9-6-12-27-5/h7-8,13H,6,9-12,14H2,1-5H3,(H,22,28)(H,23,26). The molecule has 2 rings (SSSR count). The second-order valence-corrected chi connectivity index (χ2v) is 7.80. The minimum absolute atomic E-state index is 0.0572. The number of hydrogen-bond acceptors (Lipinski definition) is 4. The molecular formula is C21H32N4O2S. The Bertz CT molecular complexity index is 863. The molecule has 0 aliphatic carbocycles. The molecule has 1 aromatic carbocycles. The molecule has 0 fully saturated rings. The molecule has 1 aromatic heterocycles. The van der Waals surface area contributed by atoms with E-state index in [-0.39, 0.29) is 5.56 Å². The van der Waals surface area contributed by atoms with Crippen molar-refractivity contribution in [2.24, 2.45) is 0 Å². The number of nitrogens with one attached hydrogen (secondary N) is 2. The fraction of sp³-hybridized carbons (Fsp3) is 0.524. The lowest BCUT2D eigenvalue weighted by Crippen LogP contribution is -2.43. The van der Waals surface area contributed by atoms with Gasteiger partial charge in [0.2, 0.25) is 0 Å². The number of rotatable bonds is 9. The molecule has 0 saturated carbocycles. The maximum absolute atomic E-state index is 12.7. The summed E-state index contributed by atoms with van der Waals surface area (Å²) in [6, 6.07) is 6.13. The molecule has 0 unspecified atom stereocenters. The van der Waals surface area contributed by atoms with Gasteiger partial charge in [-0.05, 0) is 63.8 Å². The monoisotopic (exact) mass is 404 g/mol. The molecule has 28 heavy (non-hydrogen) atoms. The van der Waals surface area contributed by atoms with Crippen LogP contribution in [0.25, 0.3) is 10.9 Å². The van der Waals surface area contributed by atoms with Gasteiger partial charge in [-0.1, -0.05) is 12.1 Å². The van der Waals surface area contributed by atoms with E-state index in [4.69, 9.17) is 17.0 Å². The number of aromatic nitrogens is 1. The summed E-state index contributed by atoms with van der Waals surface area (Å²) < 4.78 is 5.09. The van der Waals surface area contributed by atoms with E-state index in [1.54, 1.807) is 7.11 Å². The van der Waals surface area contributed by atoms with Crippen molar-refractivity contribution in [2.75, 3.05) is 47.4 Å². The Balaban J connectivity index is 2.24. The van der Waals surface area contributed by atoms with Gasteiger partial charge in [0.1, 0.15) is 0 Å². The summed E-state index contributed by atoms with van der Waals surface area (Å²) in [5.74, 6) is 0. The Kier molecular flexibility index (Phi) is 8.41. The summed E-state index contributed by atoms with van der Waals surface area (Å²) >= 11 is 5.61. The summed E-state index contributed by atoms with van der Waals surface area (Å²) in [6.07, 6.45) is 0.882. The number of ether oxygens (including phenoxy) is 1. The van der Waals surface area contributed by atoms with Crippen LogP contribution in [0, 0.1) is 13.8 Å². The van der Waals surface area contributed by atoms with E-state index in [0.29, 0.717) is 18.3 Å². The molecule has 154 valence electrons. The quantitative estimate of drug-likeness (QED) is 0.494. The first-order chi connectivity index (χ1) is 13.3. The minimum Gasteiger partial charge on any atom is -0.385 e. The second kappa shape index (κ2) is 10.5. The molecule has 2 aromatic rings. The van der Waals surface area contributed by atoms with Crippen LogP contribution in [0.1, 0.15) is 23.1 Å². The predicted octanol–water partition coefficient (Wildman–Crippen LogP) is 2.42. The summed E-state index contributed by atoms with van der Waals surface area (Å²) in [6.45, 7) is 7.59. The number of aromatic amines is 1. The van der Waals surface area contributed by atoms with Crippen LogP contribution in [0.4, 0.5) is 0 Å². The number of benzene rings is 1. The number of likely N-dealkylation sites (N-methyl/N-ethyl adjacent to an activating group) is 1. The second-order valence-electron chi connectivity index (χ2n) is 7.41. The Morgan fingerprint density at radius 3 is 2.61 bits per heavy atom. The van der Waals surface area contributed by atoms with Gasteiger partial charge in [-0.3, -0.25) is 4.79 Å². The highest BCUT2D eigenvalue weighted by Crippen LogP contribution is 2.20. The van der Waals surface area contributed by atoms with Crippen LogP contribution in [-0.4, -0.2) is 67.3 Å². The molecule has 0 amide bonds. The summed E-state index contributed by atoms with van der Waals surface area (Å²) in [7, 11) is 5.75. The van der Waals surface area contributed by atoms with Gasteiger partial charge in [-0.15, -0.1) is 0 Å². The highest BCUT2D eigenvalue weighted by atomic mass is 32.1. The molecular weight excluding hydrogens is 372 g/mol. The zero-order valence-corrected chi connectivity index (χ0v) is 18.4. The smallest absolute Gasteiger partial charge is 0.253 e. The van der Waals surface area contributed by atoms with Gasteiger partial charge in [-0.25, -0.2) is 0 Å². The number of methoxy groups -OCH3 is 1. The Labute approximate surface area is 172 Å². The van der Waals surface area contributed by atoms with Crippen LogP contribution in [0.3, 0.4) is 0 Å². The van der Waals surface area contributed by atoms with Crippen LogP contribution in [-0.2, 0) is 11.3 Å². The lowest BCUT2D eigenvalue weighted by atomic mass is 10.0. The Morgan fingerprint density at radius 1 is 1.21 bits per heavy atom. The van der Waals surface area contributed by atoms with Crippen molar-refractivity contribution in [1.29, 1.82) is 0 Å². The molecule has 0 aliphatic heterocycles. The number of thiocarbonyl (C=S) groups is 1. The number of fused-ring (bicyclic) bond motifs is 1. The average Bonchev–Trinajstić information content (AvgIpc) is 2.65. The molecule has 0 spiro atoms. The van der Waals surface area contributed by atoms with Crippen molar-refractivity contribution in [3.05, 3.63) is 45.2 Å². The SMILES string of the molecule is COCCCNC(=S)N(CCN(C)C)Cc1cc2c(C)ccc(C)c2[nH]c1=O. The molecule has 1 heterocycles. The molecule has 0 atom stereocenters. The lowest BCUT2D eigenvalue weighted by Gasteiger charge is -2.27. The van der Waals surface area contributed by atoms with Crippen molar-refractivity contribution in [2.45, 2.75) is 26.8 Å². The minimum atomic E-state index is -0.0572. The largest absolute Gasteiger partial charge is 0.385 e. The molecule has 6 nitrogen and oxygen atoms in total. The molecule has 2 N–H and O–H groups in total. The maximum Gasteiger partial charge on any atom is 0.253 e. The first-order valence-electron chi connectivity index (χ1n) is 9.62. The van der Waals surface area contributed by atoms with E-state index in [0.717, 1.165) is 53.6 Å². The summed E-state index contributed by atoms with van der Waals surface area (Å²) in [4.78, 5) is 20.0. The Morgan fingerprint density at radius 2 is 1.93 bits per heavy atom. The van der Waals surface area contributed by atoms with Crippen LogP contribution in [0.2, 0.25) is 0 Å². The molecule has 7 heteroatoms. The number of aryl methyl sites for hydroxylation is 2. The Hall–Kier alpha value is -1.96. The van der Waals surface area contributed by atoms with E-state index in [2.05, 4.69) is 33.1 Å². The topological polar surface area (TPSA) is 60.6 Å². The zero-order chi connectivity index (χ0) is 20.7. The third-order valence-electron chi connectivity index (χ3n) is 4.79. The predicted molar refractivity (Wildman–Crippen MR) is 120 cm³/mol. The number of pyridine rings is 1. The highest BCUT2D eigenvalue weighted by Gasteiger charge is 2.14. The molecule has 0 radical (unpaired) electrons. The van der Waals surface area contributed by atoms with E-state index in [9.17, 15) is 4.79 Å². The first kappa shape index (κ1) is 22.3. The number of nitrogens with zero attached hydrogens (tertiary/aromatic N) is 2. The lowest BCUT2D eigenvalue weighted by molar-refractivity contribution is 0.195. The van der Waals surface area contributed by atoms with E-state index in [1.165, 1.54) is 0 Å². The summed E-state index contributed by atoms with van der Waals surface area (Å²) in [5, 5.41) is 5.03. The highest BCUT2D eigenvalue weighted by molar-refractivity contribution is 7.80. The number of hydrogen-bond donors (Lipinski definition) is 2. The van der Waals surface area contributed by atoms with Crippen molar-refractivity contribution in [1.82, 2.24) is 20.1 Å². The van der Waals surface area contributed by atoms with E-state index >= 15 is 0 Å². The van der Waals surface area contributed by atoms with Gasteiger partial charge in [0, 0.05) is 44.3 Å². The van der Waals surface area contributed by atoms with E-state index in [1.807, 2.05) is 33.2 Å². The van der Waals surface area contributed by atoms with Gasteiger partial charge in [0.25, 0.3) is 5.56 Å². The maximum atomic E-state index is 12.7. The third-order valence-corrected chi connectivity index (χ3v) is 5.19. The first-order valence-corrected chi connectivity index (χ1v) is 10.0. The van der Waals surface area contributed by atoms with Gasteiger partial charge in [-0.2, -0.15) is 0 Å². The molecule has 0 aliphatic rings. The van der Waals surface area contributed by atoms with Gasteiger partial charge < -0.3 is 24.8 Å². The van der Waals surface area contributed by atoms with Crippen molar-refractivity contribution >= 4 is 28.2 Å². The molecule has 0 saturated heterocycles. The van der Waals surface area contributed by atoms with Crippen LogP contribution < -0.4 is 10.9 Å².